The first-order valence-electron chi connectivity index (χ1n) is 11.0. The zero-order chi connectivity index (χ0) is 23.9. The van der Waals surface area contributed by atoms with Crippen molar-refractivity contribution in [3.8, 4) is 22.3 Å². The van der Waals surface area contributed by atoms with Crippen LogP contribution in [0, 0.1) is 0 Å². The maximum Gasteiger partial charge on any atom is 0.327 e. The van der Waals surface area contributed by atoms with Crippen LogP contribution in [0.15, 0.2) is 85.6 Å². The molecule has 0 spiro atoms. The Hall–Kier alpha value is -4.17. The van der Waals surface area contributed by atoms with Crippen LogP contribution < -0.4 is 5.32 Å². The quantitative estimate of drug-likeness (QED) is 0.291. The molecular weight excluding hydrogens is 432 g/mol. The molecule has 1 amide bonds. The highest BCUT2D eigenvalue weighted by Gasteiger charge is 2.24. The van der Waals surface area contributed by atoms with Crippen LogP contribution in [-0.4, -0.2) is 49.3 Å². The lowest BCUT2D eigenvalue weighted by atomic mass is 10.0. The average Bonchev–Trinajstić information content (AvgIpc) is 3.55. The van der Waals surface area contributed by atoms with E-state index in [0.29, 0.717) is 6.42 Å². The van der Waals surface area contributed by atoms with Gasteiger partial charge in [0, 0.05) is 30.7 Å². The van der Waals surface area contributed by atoms with Gasteiger partial charge >= 0.3 is 5.97 Å². The zero-order valence-corrected chi connectivity index (χ0v) is 18.5. The number of amides is 1. The number of imidazole rings is 1. The number of nitrogens with one attached hydrogen (secondary N) is 2. The lowest BCUT2D eigenvalue weighted by Crippen LogP contribution is -2.40. The minimum absolute atomic E-state index is 0.254. The summed E-state index contributed by atoms with van der Waals surface area (Å²) in [7, 11) is 0. The van der Waals surface area contributed by atoms with Crippen molar-refractivity contribution in [1.29, 1.82) is 0 Å². The maximum atomic E-state index is 12.6. The van der Waals surface area contributed by atoms with E-state index in [-0.39, 0.29) is 13.0 Å². The van der Waals surface area contributed by atoms with Crippen LogP contribution in [0.4, 0.5) is 0 Å². The van der Waals surface area contributed by atoms with Crippen LogP contribution >= 0.6 is 0 Å². The molecule has 2 heterocycles. The van der Waals surface area contributed by atoms with Crippen LogP contribution in [0.1, 0.15) is 18.2 Å². The molecule has 174 valence electrons. The number of benzene rings is 2. The molecule has 4 rings (SSSR count). The van der Waals surface area contributed by atoms with Crippen molar-refractivity contribution in [2.24, 2.45) is 0 Å². The number of carboxylic acid groups (broad SMARTS) is 1. The number of rotatable bonds is 10. The van der Waals surface area contributed by atoms with Gasteiger partial charge < -0.3 is 25.1 Å². The Bertz CT molecular complexity index is 1220. The fourth-order valence-electron chi connectivity index (χ4n) is 3.87. The van der Waals surface area contributed by atoms with Gasteiger partial charge in [-0.2, -0.15) is 0 Å². The molecule has 8 nitrogen and oxygen atoms in total. The number of H-pyrrole nitrogens is 1. The van der Waals surface area contributed by atoms with Crippen molar-refractivity contribution in [2.45, 2.75) is 24.9 Å². The normalized spacial score (nSPS) is 12.7. The topological polar surface area (TPSA) is 120 Å². The summed E-state index contributed by atoms with van der Waals surface area (Å²) in [6.07, 6.45) is 6.65. The highest BCUT2D eigenvalue weighted by Crippen LogP contribution is 2.26. The molecule has 2 aromatic carbocycles. The highest BCUT2D eigenvalue weighted by molar-refractivity contribution is 5.83. The predicted molar refractivity (Wildman–Crippen MR) is 128 cm³/mol. The minimum atomic E-state index is -1.11. The second-order valence-electron chi connectivity index (χ2n) is 8.08. The first-order chi connectivity index (χ1) is 16.5. The van der Waals surface area contributed by atoms with Crippen LogP contribution in [0.2, 0.25) is 0 Å². The predicted octanol–water partition coefficient (Wildman–Crippen LogP) is 3.28. The van der Waals surface area contributed by atoms with Gasteiger partial charge in [0.2, 0.25) is 5.91 Å². The molecule has 0 aliphatic heterocycles. The van der Waals surface area contributed by atoms with Crippen molar-refractivity contribution in [1.82, 2.24) is 19.9 Å². The van der Waals surface area contributed by atoms with E-state index in [4.69, 9.17) is 0 Å². The molecule has 0 unspecified atom stereocenters. The average molecular weight is 459 g/mol. The number of carbonyl (C=O) groups is 2. The summed E-state index contributed by atoms with van der Waals surface area (Å²) in [5.41, 5.74) is 4.79. The molecule has 0 aliphatic carbocycles. The number of nitrogens with zero attached hydrogens (tertiary/aromatic N) is 2. The number of aliphatic carboxylic acids is 1. The van der Waals surface area contributed by atoms with Gasteiger partial charge in [-0.1, -0.05) is 54.6 Å². The van der Waals surface area contributed by atoms with Gasteiger partial charge in [0.05, 0.1) is 25.4 Å². The van der Waals surface area contributed by atoms with E-state index in [1.54, 1.807) is 18.6 Å². The molecule has 34 heavy (non-hydrogen) atoms. The molecule has 8 heteroatoms. The number of aliphatic hydroxyl groups is 1. The summed E-state index contributed by atoms with van der Waals surface area (Å²) in [6, 6.07) is 18.3. The maximum absolute atomic E-state index is 12.6. The Labute approximate surface area is 196 Å². The van der Waals surface area contributed by atoms with E-state index >= 15 is 0 Å². The van der Waals surface area contributed by atoms with Crippen molar-refractivity contribution < 1.29 is 19.8 Å². The van der Waals surface area contributed by atoms with Gasteiger partial charge in [0.15, 0.2) is 0 Å². The monoisotopic (exact) mass is 458 g/mol. The Morgan fingerprint density at radius 3 is 2.26 bits per heavy atom. The molecule has 2 atom stereocenters. The lowest BCUT2D eigenvalue weighted by molar-refractivity contribution is -0.143. The molecule has 0 aliphatic rings. The Balaban J connectivity index is 1.43. The van der Waals surface area contributed by atoms with Gasteiger partial charge in [-0.05, 0) is 28.3 Å². The molecule has 4 aromatic rings. The Morgan fingerprint density at radius 2 is 1.65 bits per heavy atom. The van der Waals surface area contributed by atoms with E-state index in [0.717, 1.165) is 27.9 Å². The third kappa shape index (κ3) is 5.60. The van der Waals surface area contributed by atoms with E-state index in [1.807, 2.05) is 60.7 Å². The van der Waals surface area contributed by atoms with Crippen LogP contribution in [-0.2, 0) is 16.0 Å². The molecule has 0 bridgehead atoms. The summed E-state index contributed by atoms with van der Waals surface area (Å²) in [5.74, 6) is -1.56. The SMILES string of the molecule is O=C(C[C@H](C(=O)O)n1ccc(-c2ccc(-c3ccccc3)cc2)c1)N[C@H](CO)Cc1cnc[nH]1. The molecule has 4 N–H and O–H groups in total. The largest absolute Gasteiger partial charge is 0.480 e. The smallest absolute Gasteiger partial charge is 0.327 e. The number of hydrogen-bond donors (Lipinski definition) is 4. The van der Waals surface area contributed by atoms with Crippen LogP contribution in [0.5, 0.6) is 0 Å². The van der Waals surface area contributed by atoms with Gasteiger partial charge in [-0.3, -0.25) is 4.79 Å². The van der Waals surface area contributed by atoms with Crippen LogP contribution in [0.25, 0.3) is 22.3 Å². The first-order valence-corrected chi connectivity index (χ1v) is 11.0. The number of aliphatic hydroxyl groups excluding tert-OH is 1. The minimum Gasteiger partial charge on any atom is -0.480 e. The second-order valence-corrected chi connectivity index (χ2v) is 8.08. The van der Waals surface area contributed by atoms with E-state index < -0.39 is 24.0 Å². The Kier molecular flexibility index (Phi) is 7.19. The van der Waals surface area contributed by atoms with Crippen LogP contribution in [0.3, 0.4) is 0 Å². The molecule has 0 radical (unpaired) electrons. The summed E-state index contributed by atoms with van der Waals surface area (Å²) in [4.78, 5) is 31.3. The van der Waals surface area contributed by atoms with Crippen molar-refractivity contribution in [2.75, 3.05) is 6.61 Å². The number of aromatic nitrogens is 3. The molecule has 0 saturated carbocycles. The fourth-order valence-corrected chi connectivity index (χ4v) is 3.87. The van der Waals surface area contributed by atoms with Gasteiger partial charge in [-0.25, -0.2) is 9.78 Å². The van der Waals surface area contributed by atoms with Gasteiger partial charge in [0.1, 0.15) is 6.04 Å². The number of carboxylic acids is 1. The zero-order valence-electron chi connectivity index (χ0n) is 18.5. The molecular formula is C26H26N4O4. The van der Waals surface area contributed by atoms with Crippen molar-refractivity contribution in [3.63, 3.8) is 0 Å². The van der Waals surface area contributed by atoms with Gasteiger partial charge in [-0.15, -0.1) is 0 Å². The second kappa shape index (κ2) is 10.6. The molecule has 0 saturated heterocycles. The van der Waals surface area contributed by atoms with E-state index in [2.05, 4.69) is 15.3 Å². The van der Waals surface area contributed by atoms with Crippen molar-refractivity contribution >= 4 is 11.9 Å². The molecule has 2 aromatic heterocycles. The molecule has 0 fully saturated rings. The third-order valence-electron chi connectivity index (χ3n) is 5.67. The van der Waals surface area contributed by atoms with Gasteiger partial charge in [0.25, 0.3) is 0 Å². The summed E-state index contributed by atoms with van der Waals surface area (Å²) >= 11 is 0. The highest BCUT2D eigenvalue weighted by atomic mass is 16.4. The third-order valence-corrected chi connectivity index (χ3v) is 5.67. The fraction of sp³-hybridized carbons (Fsp3) is 0.192. The number of aromatic amines is 1. The summed E-state index contributed by atoms with van der Waals surface area (Å²) in [5, 5.41) is 22.0. The first kappa shape index (κ1) is 23.0. The summed E-state index contributed by atoms with van der Waals surface area (Å²) in [6.45, 7) is -0.269. The Morgan fingerprint density at radius 1 is 0.971 bits per heavy atom. The van der Waals surface area contributed by atoms with E-state index in [1.165, 1.54) is 10.9 Å². The lowest BCUT2D eigenvalue weighted by Gasteiger charge is -2.18. The number of hydrogen-bond acceptors (Lipinski definition) is 4. The summed E-state index contributed by atoms with van der Waals surface area (Å²) < 4.78 is 1.53. The standard InChI is InChI=1S/C26H26N4O4/c31-16-23(12-22-14-27-17-28-22)29-25(32)13-24(26(33)34)30-11-10-21(15-30)20-8-6-19(7-9-20)18-4-2-1-3-5-18/h1-11,14-15,17,23-24,31H,12-13,16H2,(H,27,28)(H,29,32)(H,33,34)/t23-,24+/m0/s1. The van der Waals surface area contributed by atoms with E-state index in [9.17, 15) is 19.8 Å². The van der Waals surface area contributed by atoms with Crippen molar-refractivity contribution in [3.05, 3.63) is 91.3 Å². The number of carbonyl (C=O) groups excluding carboxylic acids is 1.